The first-order valence-corrected chi connectivity index (χ1v) is 24.4. The number of hydrogen-bond donors (Lipinski definition) is 17. The van der Waals surface area contributed by atoms with Gasteiger partial charge < -0.3 is 139 Å². The van der Waals surface area contributed by atoms with Crippen LogP contribution in [0.2, 0.25) is 0 Å². The lowest BCUT2D eigenvalue weighted by molar-refractivity contribution is -0.400. The van der Waals surface area contributed by atoms with Gasteiger partial charge >= 0.3 is 0 Å². The molecular formula is C44H76N2O28. The third-order valence-electron chi connectivity index (χ3n) is 14.0. The third-order valence-corrected chi connectivity index (χ3v) is 14.0. The number of carbonyl (C=O) groups is 2. The average molecular weight is 1080 g/mol. The molecule has 0 aliphatic carbocycles. The van der Waals surface area contributed by atoms with Crippen molar-refractivity contribution in [1.82, 2.24) is 10.6 Å². The molecule has 6 aliphatic rings. The molecule has 0 aromatic heterocycles. The van der Waals surface area contributed by atoms with E-state index in [0.717, 1.165) is 6.92 Å². The van der Waals surface area contributed by atoms with Crippen LogP contribution in [0.4, 0.5) is 0 Å². The molecule has 0 aromatic carbocycles. The minimum absolute atomic E-state index is 0.583. The van der Waals surface area contributed by atoms with Gasteiger partial charge in [0.1, 0.15) is 128 Å². The maximum absolute atomic E-state index is 13.2. The lowest BCUT2D eigenvalue weighted by Crippen LogP contribution is -2.72. The zero-order valence-corrected chi connectivity index (χ0v) is 41.7. The second-order valence-corrected chi connectivity index (χ2v) is 20.6. The predicted octanol–water partition coefficient (Wildman–Crippen LogP) is -9.66. The van der Waals surface area contributed by atoms with Crippen LogP contribution in [-0.4, -0.2) is 299 Å². The summed E-state index contributed by atoms with van der Waals surface area (Å²) in [6.45, 7) is 6.39. The second kappa shape index (κ2) is 25.3. The van der Waals surface area contributed by atoms with Crippen molar-refractivity contribution in [2.24, 2.45) is 5.41 Å². The molecule has 14 unspecified atom stereocenters. The Bertz CT molecular complexity index is 1810. The molecular weight excluding hydrogens is 1000 g/mol. The van der Waals surface area contributed by atoms with Gasteiger partial charge in [-0.1, -0.05) is 20.8 Å². The molecule has 6 aliphatic heterocycles. The van der Waals surface area contributed by atoms with E-state index in [4.69, 9.17) is 52.1 Å². The van der Waals surface area contributed by atoms with Gasteiger partial charge in [-0.25, -0.2) is 0 Å². The summed E-state index contributed by atoms with van der Waals surface area (Å²) in [6, 6.07) is -3.00. The zero-order chi connectivity index (χ0) is 55.0. The number of hydrogen-bond acceptors (Lipinski definition) is 28. The summed E-state index contributed by atoms with van der Waals surface area (Å²) in [6.07, 6.45) is -49.8. The minimum atomic E-state index is -2.14. The Morgan fingerprint density at radius 2 is 0.784 bits per heavy atom. The molecule has 0 radical (unpaired) electrons. The Kier molecular flexibility index (Phi) is 20.9. The highest BCUT2D eigenvalue weighted by Gasteiger charge is 2.59. The van der Waals surface area contributed by atoms with Gasteiger partial charge in [-0.15, -0.1) is 0 Å². The van der Waals surface area contributed by atoms with E-state index in [2.05, 4.69) is 10.6 Å². The number of ether oxygens (including phenoxy) is 11. The summed E-state index contributed by atoms with van der Waals surface area (Å²) in [5.74, 6) is -1.45. The maximum Gasteiger partial charge on any atom is 0.217 e. The first-order chi connectivity index (χ1) is 34.7. The Morgan fingerprint density at radius 3 is 1.28 bits per heavy atom. The summed E-state index contributed by atoms with van der Waals surface area (Å²) < 4.78 is 66.1. The van der Waals surface area contributed by atoms with Gasteiger partial charge in [0.15, 0.2) is 31.5 Å². The standard InChI is InChI=1S/C44H76N2O28/c1-12-22(53)27(58)30(61)40(64-12)72-35-21(46-15(4)52)39(69-19(11-50)33(35)70-43-37(29(60)24(55)16(8-47)68-43)74-41-31(62)28(59)23(54)13(2)65-41)73-36-26(57)18(10-49)67-42(32(36)63)71-34-20(45-14(3)51)38(44(5,6)7)66-17(9-48)25(34)56/h12-13,16-43,47-50,53-63H,8-11H2,1-7H3,(H,45,51)(H,46,52)/t12?,13?,16?,17?,18?,19?,20?,21?,22-,23-,24?,25+,26+,27-,28?,29+,30?,31+,32?,33-,34-,35-,36+,37?,38-,39+,40+,41?,42+,43+/m1/s1. The largest absolute Gasteiger partial charge is 0.394 e. The van der Waals surface area contributed by atoms with Crippen molar-refractivity contribution >= 4 is 11.8 Å². The lowest BCUT2D eigenvalue weighted by atomic mass is 9.78. The third kappa shape index (κ3) is 13.0. The van der Waals surface area contributed by atoms with E-state index >= 15 is 0 Å². The number of carbonyl (C=O) groups excluding carboxylic acids is 2. The van der Waals surface area contributed by atoms with E-state index in [1.807, 2.05) is 0 Å². The molecule has 6 rings (SSSR count). The van der Waals surface area contributed by atoms with Crippen LogP contribution in [0.15, 0.2) is 0 Å². The van der Waals surface area contributed by atoms with Gasteiger partial charge in [0.2, 0.25) is 11.8 Å². The molecule has 74 heavy (non-hydrogen) atoms. The molecule has 6 saturated heterocycles. The van der Waals surface area contributed by atoms with Gasteiger partial charge in [-0.2, -0.15) is 0 Å². The molecule has 0 bridgehead atoms. The normalized spacial score (nSPS) is 49.5. The Morgan fingerprint density at radius 1 is 0.392 bits per heavy atom. The fourth-order valence-corrected chi connectivity index (χ4v) is 9.94. The topological polar surface area (TPSA) is 463 Å². The van der Waals surface area contributed by atoms with Crippen molar-refractivity contribution in [3.8, 4) is 0 Å². The molecule has 0 spiro atoms. The molecule has 0 saturated carbocycles. The van der Waals surface area contributed by atoms with Crippen molar-refractivity contribution in [2.75, 3.05) is 26.4 Å². The average Bonchev–Trinajstić information content (AvgIpc) is 3.34. The number of amides is 2. The highest BCUT2D eigenvalue weighted by molar-refractivity contribution is 5.73. The van der Waals surface area contributed by atoms with Crippen molar-refractivity contribution in [1.29, 1.82) is 0 Å². The highest BCUT2D eigenvalue weighted by atomic mass is 16.8. The van der Waals surface area contributed by atoms with E-state index in [0.29, 0.717) is 0 Å². The molecule has 30 nitrogen and oxygen atoms in total. The highest BCUT2D eigenvalue weighted by Crippen LogP contribution is 2.40. The van der Waals surface area contributed by atoms with Gasteiger partial charge in [0.05, 0.1) is 50.8 Å². The second-order valence-electron chi connectivity index (χ2n) is 20.6. The van der Waals surface area contributed by atoms with Gasteiger partial charge in [0, 0.05) is 13.8 Å². The first-order valence-electron chi connectivity index (χ1n) is 24.4. The Balaban J connectivity index is 1.38. The molecule has 430 valence electrons. The SMILES string of the molecule is CC(=O)NC1[C@H](O[C@@H]2C(O)[C@H](O[C@@H]3C(NC(C)=O)[C@H](C(C)(C)C)OC(CO)[C@@H]3O)OC(CO)[C@@H]2O)OC(CO)[C@@H](O[C@@H]2OC(CO)C(O)[C@H](O)C2OC2OC(C)[C@@H](O)C(O)[C@@H]2O)[C@@H]1O[C@@H]1OC(C)[C@@H](O)[C@@H](O)C1O. The fraction of sp³-hybridized carbons (Fsp3) is 0.955. The monoisotopic (exact) mass is 1080 g/mol. The number of aliphatic hydroxyl groups excluding tert-OH is 15. The first kappa shape index (κ1) is 61.1. The number of nitrogens with one attached hydrogen (secondary N) is 2. The lowest BCUT2D eigenvalue weighted by Gasteiger charge is -2.52. The summed E-state index contributed by atoms with van der Waals surface area (Å²) >= 11 is 0. The van der Waals surface area contributed by atoms with Crippen molar-refractivity contribution in [2.45, 2.75) is 232 Å². The summed E-state index contributed by atoms with van der Waals surface area (Å²) in [4.78, 5) is 25.7. The molecule has 17 N–H and O–H groups in total. The molecule has 0 aromatic rings. The van der Waals surface area contributed by atoms with Crippen LogP contribution in [0.3, 0.4) is 0 Å². The van der Waals surface area contributed by atoms with Crippen LogP contribution >= 0.6 is 0 Å². The smallest absolute Gasteiger partial charge is 0.217 e. The zero-order valence-electron chi connectivity index (χ0n) is 41.7. The summed E-state index contributed by atoms with van der Waals surface area (Å²) in [7, 11) is 0. The van der Waals surface area contributed by atoms with Crippen LogP contribution < -0.4 is 10.6 Å². The Labute approximate surface area is 424 Å². The molecule has 30 atom stereocenters. The molecule has 6 fully saturated rings. The molecule has 6 heterocycles. The van der Waals surface area contributed by atoms with E-state index in [-0.39, 0.29) is 0 Å². The van der Waals surface area contributed by atoms with Crippen molar-refractivity contribution in [3.05, 3.63) is 0 Å². The summed E-state index contributed by atoms with van der Waals surface area (Å²) in [5, 5.41) is 169. The van der Waals surface area contributed by atoms with Crippen molar-refractivity contribution < 1.29 is 138 Å². The van der Waals surface area contributed by atoms with E-state index in [1.54, 1.807) is 20.8 Å². The van der Waals surface area contributed by atoms with Crippen LogP contribution in [0.1, 0.15) is 48.5 Å². The quantitative estimate of drug-likeness (QED) is 0.0682. The Hall–Kier alpha value is -2.10. The predicted molar refractivity (Wildman–Crippen MR) is 237 cm³/mol. The number of aliphatic hydroxyl groups is 15. The van der Waals surface area contributed by atoms with Gasteiger partial charge in [-0.05, 0) is 19.3 Å². The summed E-state index contributed by atoms with van der Waals surface area (Å²) in [5.41, 5.74) is -0.781. The van der Waals surface area contributed by atoms with Crippen LogP contribution in [0.25, 0.3) is 0 Å². The minimum Gasteiger partial charge on any atom is -0.394 e. The van der Waals surface area contributed by atoms with Crippen LogP contribution in [0.5, 0.6) is 0 Å². The van der Waals surface area contributed by atoms with Crippen LogP contribution in [0, 0.1) is 5.41 Å². The van der Waals surface area contributed by atoms with Crippen LogP contribution in [-0.2, 0) is 61.7 Å². The number of rotatable bonds is 16. The maximum atomic E-state index is 13.2. The van der Waals surface area contributed by atoms with E-state index in [9.17, 15) is 86.2 Å². The fourth-order valence-electron chi connectivity index (χ4n) is 9.94. The van der Waals surface area contributed by atoms with E-state index in [1.165, 1.54) is 20.8 Å². The van der Waals surface area contributed by atoms with E-state index < -0.39 is 228 Å². The van der Waals surface area contributed by atoms with Crippen molar-refractivity contribution in [3.63, 3.8) is 0 Å². The van der Waals surface area contributed by atoms with Gasteiger partial charge in [0.25, 0.3) is 0 Å². The molecule has 2 amide bonds. The molecule has 30 heteroatoms. The van der Waals surface area contributed by atoms with Gasteiger partial charge in [-0.3, -0.25) is 9.59 Å².